The van der Waals surface area contributed by atoms with Crippen LogP contribution in [0.25, 0.3) is 0 Å². The van der Waals surface area contributed by atoms with Crippen molar-refractivity contribution in [3.8, 4) is 5.40 Å². The normalized spacial score (nSPS) is 20.5. The first-order valence-corrected chi connectivity index (χ1v) is 8.97. The summed E-state index contributed by atoms with van der Waals surface area (Å²) in [6, 6.07) is 18.1. The number of hydrogen-bond acceptors (Lipinski definition) is 4. The Morgan fingerprint density at radius 3 is 2.59 bits per heavy atom. The molecule has 1 unspecified atom stereocenters. The van der Waals surface area contributed by atoms with Crippen LogP contribution in [-0.2, 0) is 4.75 Å². The van der Waals surface area contributed by atoms with E-state index >= 15 is 0 Å². The summed E-state index contributed by atoms with van der Waals surface area (Å²) >= 11 is 9.02. The molecule has 0 amide bonds. The monoisotopic (exact) mass is 344 g/mol. The van der Waals surface area contributed by atoms with E-state index in [1.807, 2.05) is 42.5 Å². The van der Waals surface area contributed by atoms with Crippen LogP contribution in [0.2, 0.25) is 5.02 Å². The summed E-state index contributed by atoms with van der Waals surface area (Å²) in [7, 11) is 0. The van der Waals surface area contributed by atoms with E-state index in [4.69, 9.17) is 21.9 Å². The molecule has 0 radical (unpaired) electrons. The predicted molar refractivity (Wildman–Crippen MR) is 96.6 cm³/mol. The van der Waals surface area contributed by atoms with Crippen molar-refractivity contribution in [3.05, 3.63) is 70.7 Å². The minimum Gasteiger partial charge on any atom is -0.276 e. The average molecular weight is 345 g/mol. The Balaban J connectivity index is 1.90. The van der Waals surface area contributed by atoms with E-state index in [0.29, 0.717) is 12.3 Å². The van der Waals surface area contributed by atoms with Crippen molar-refractivity contribution in [2.24, 2.45) is 4.99 Å². The molecule has 2 aromatic carbocycles. The molecule has 0 bridgehead atoms. The number of rotatable bonds is 4. The standard InChI is InChI=1S/C17H13ClN2S2/c18-15-8-6-14(7-9-15)17(11-21-12-19)10-20-16(22-17)13-4-2-1-3-5-13/h1-9H,10-11H2. The fourth-order valence-electron chi connectivity index (χ4n) is 2.39. The Hall–Kier alpha value is -1.41. The number of hydrogen-bond donors (Lipinski definition) is 0. The summed E-state index contributed by atoms with van der Waals surface area (Å²) in [6.07, 6.45) is 0. The van der Waals surface area contributed by atoms with Gasteiger partial charge in [0.25, 0.3) is 0 Å². The van der Waals surface area contributed by atoms with Crippen LogP contribution in [0.5, 0.6) is 0 Å². The summed E-state index contributed by atoms with van der Waals surface area (Å²) in [5.41, 5.74) is 2.30. The molecule has 0 N–H and O–H groups in total. The van der Waals surface area contributed by atoms with Crippen LogP contribution in [0, 0.1) is 10.7 Å². The van der Waals surface area contributed by atoms with E-state index in [9.17, 15) is 0 Å². The van der Waals surface area contributed by atoms with Crippen LogP contribution in [0.1, 0.15) is 11.1 Å². The van der Waals surface area contributed by atoms with Gasteiger partial charge in [-0.15, -0.1) is 0 Å². The molecule has 1 aliphatic heterocycles. The molecule has 0 spiro atoms. The molecule has 2 aromatic rings. The molecular formula is C17H13ClN2S2. The van der Waals surface area contributed by atoms with Crippen LogP contribution in [0.15, 0.2) is 59.6 Å². The molecule has 0 aromatic heterocycles. The molecular weight excluding hydrogens is 332 g/mol. The number of nitriles is 1. The summed E-state index contributed by atoms with van der Waals surface area (Å²) in [5, 5.41) is 12.9. The Morgan fingerprint density at radius 2 is 1.91 bits per heavy atom. The zero-order chi connectivity index (χ0) is 15.4. The maximum absolute atomic E-state index is 8.96. The minimum absolute atomic E-state index is 0.198. The van der Waals surface area contributed by atoms with Gasteiger partial charge in [0.2, 0.25) is 0 Å². The first kappa shape index (κ1) is 15.5. The lowest BCUT2D eigenvalue weighted by Gasteiger charge is -2.26. The fourth-order valence-corrected chi connectivity index (χ4v) is 4.62. The van der Waals surface area contributed by atoms with Gasteiger partial charge in [-0.25, -0.2) is 0 Å². The van der Waals surface area contributed by atoms with Crippen molar-refractivity contribution < 1.29 is 0 Å². The van der Waals surface area contributed by atoms with Crippen molar-refractivity contribution in [2.75, 3.05) is 12.3 Å². The molecule has 3 rings (SSSR count). The lowest BCUT2D eigenvalue weighted by molar-refractivity contribution is 0.734. The van der Waals surface area contributed by atoms with Crippen LogP contribution in [-0.4, -0.2) is 17.3 Å². The van der Waals surface area contributed by atoms with Gasteiger partial charge < -0.3 is 0 Å². The number of benzene rings is 2. The van der Waals surface area contributed by atoms with Crippen molar-refractivity contribution in [2.45, 2.75) is 4.75 Å². The molecule has 110 valence electrons. The second kappa shape index (κ2) is 6.78. The molecule has 22 heavy (non-hydrogen) atoms. The van der Waals surface area contributed by atoms with Crippen LogP contribution >= 0.6 is 35.1 Å². The van der Waals surface area contributed by atoms with E-state index in [0.717, 1.165) is 15.6 Å². The summed E-state index contributed by atoms with van der Waals surface area (Å²) in [6.45, 7) is 0.679. The van der Waals surface area contributed by atoms with E-state index in [1.165, 1.54) is 17.3 Å². The Morgan fingerprint density at radius 1 is 1.18 bits per heavy atom. The first-order valence-electron chi connectivity index (χ1n) is 6.79. The molecule has 1 heterocycles. The van der Waals surface area contributed by atoms with Crippen molar-refractivity contribution in [3.63, 3.8) is 0 Å². The maximum Gasteiger partial charge on any atom is 0.133 e. The predicted octanol–water partition coefficient (Wildman–Crippen LogP) is 4.94. The van der Waals surface area contributed by atoms with Crippen LogP contribution in [0.4, 0.5) is 0 Å². The summed E-state index contributed by atoms with van der Waals surface area (Å²) < 4.78 is -0.198. The largest absolute Gasteiger partial charge is 0.276 e. The highest BCUT2D eigenvalue weighted by atomic mass is 35.5. The minimum atomic E-state index is -0.198. The topological polar surface area (TPSA) is 36.1 Å². The lowest BCUT2D eigenvalue weighted by Crippen LogP contribution is -2.26. The van der Waals surface area contributed by atoms with Crippen LogP contribution < -0.4 is 0 Å². The van der Waals surface area contributed by atoms with Gasteiger partial charge in [0.05, 0.1) is 16.3 Å². The third-order valence-corrected chi connectivity index (χ3v) is 6.19. The number of aliphatic imine (C=N–C) groups is 1. The molecule has 0 aliphatic carbocycles. The number of nitrogens with zero attached hydrogens (tertiary/aromatic N) is 2. The van der Waals surface area contributed by atoms with E-state index < -0.39 is 0 Å². The van der Waals surface area contributed by atoms with Gasteiger partial charge in [0.1, 0.15) is 5.40 Å². The lowest BCUT2D eigenvalue weighted by atomic mass is 10.0. The third kappa shape index (κ3) is 3.17. The van der Waals surface area contributed by atoms with E-state index in [2.05, 4.69) is 17.5 Å². The second-order valence-electron chi connectivity index (χ2n) is 4.97. The first-order chi connectivity index (χ1) is 10.7. The maximum atomic E-state index is 8.96. The summed E-state index contributed by atoms with van der Waals surface area (Å²) in [4.78, 5) is 4.74. The molecule has 0 saturated heterocycles. The Labute approximate surface area is 143 Å². The zero-order valence-corrected chi connectivity index (χ0v) is 14.1. The highest BCUT2D eigenvalue weighted by Crippen LogP contribution is 2.46. The number of thioether (sulfide) groups is 2. The van der Waals surface area contributed by atoms with Gasteiger partial charge in [-0.05, 0) is 29.5 Å². The van der Waals surface area contributed by atoms with E-state index in [-0.39, 0.29) is 4.75 Å². The van der Waals surface area contributed by atoms with Gasteiger partial charge in [0.15, 0.2) is 0 Å². The van der Waals surface area contributed by atoms with Crippen molar-refractivity contribution in [1.82, 2.24) is 0 Å². The van der Waals surface area contributed by atoms with Crippen molar-refractivity contribution >= 4 is 40.2 Å². The molecule has 0 fully saturated rings. The van der Waals surface area contributed by atoms with Gasteiger partial charge in [-0.3, -0.25) is 4.99 Å². The van der Waals surface area contributed by atoms with Crippen LogP contribution in [0.3, 0.4) is 0 Å². The molecule has 1 atom stereocenters. The summed E-state index contributed by atoms with van der Waals surface area (Å²) in [5.74, 6) is 0.704. The third-order valence-electron chi connectivity index (χ3n) is 3.53. The Kier molecular flexibility index (Phi) is 4.77. The highest BCUT2D eigenvalue weighted by molar-refractivity contribution is 8.16. The van der Waals surface area contributed by atoms with Gasteiger partial charge in [-0.1, -0.05) is 65.8 Å². The molecule has 2 nitrogen and oxygen atoms in total. The average Bonchev–Trinajstić information content (AvgIpc) is 3.00. The quantitative estimate of drug-likeness (QED) is 0.737. The SMILES string of the molecule is N#CSCC1(c2ccc(Cl)cc2)CN=C(c2ccccc2)S1. The molecule has 5 heteroatoms. The smallest absolute Gasteiger partial charge is 0.133 e. The van der Waals surface area contributed by atoms with Gasteiger partial charge >= 0.3 is 0 Å². The zero-order valence-electron chi connectivity index (χ0n) is 11.7. The number of halogens is 1. The highest BCUT2D eigenvalue weighted by Gasteiger charge is 2.39. The van der Waals surface area contributed by atoms with E-state index in [1.54, 1.807) is 11.8 Å². The number of thiocyanates is 1. The fraction of sp³-hybridized carbons (Fsp3) is 0.176. The van der Waals surface area contributed by atoms with Crippen molar-refractivity contribution in [1.29, 1.82) is 5.26 Å². The molecule has 1 aliphatic rings. The molecule has 0 saturated carbocycles. The van der Waals surface area contributed by atoms with Gasteiger partial charge in [-0.2, -0.15) is 5.26 Å². The van der Waals surface area contributed by atoms with Gasteiger partial charge in [0, 0.05) is 16.3 Å². The Bertz CT molecular complexity index is 723. The second-order valence-corrected chi connectivity index (χ2v) is 7.54.